The molecule has 0 saturated heterocycles. The van der Waals surface area contributed by atoms with E-state index in [0.717, 1.165) is 22.4 Å². The van der Waals surface area contributed by atoms with E-state index in [0.29, 0.717) is 11.0 Å². The lowest BCUT2D eigenvalue weighted by molar-refractivity contribution is 0.444. The Balaban J connectivity index is 2.51. The van der Waals surface area contributed by atoms with Crippen LogP contribution in [0.25, 0.3) is 0 Å². The molecule has 106 valence electrons. The van der Waals surface area contributed by atoms with Crippen molar-refractivity contribution >= 4 is 11.6 Å². The van der Waals surface area contributed by atoms with Crippen LogP contribution in [0.1, 0.15) is 42.0 Å². The Labute approximate surface area is 125 Å². The Bertz CT molecular complexity index is 639. The zero-order chi connectivity index (χ0) is 14.9. The molecule has 0 radical (unpaired) electrons. The lowest BCUT2D eigenvalue weighted by Gasteiger charge is -2.17. The van der Waals surface area contributed by atoms with Crippen LogP contribution < -0.4 is 4.74 Å². The van der Waals surface area contributed by atoms with E-state index in [1.807, 2.05) is 20.8 Å². The van der Waals surface area contributed by atoms with Crippen molar-refractivity contribution in [2.75, 3.05) is 0 Å². The molecule has 0 bridgehead atoms. The van der Waals surface area contributed by atoms with Crippen LogP contribution in [0.15, 0.2) is 18.5 Å². The number of hydrogen-bond acceptors (Lipinski definition) is 3. The van der Waals surface area contributed by atoms with Crippen LogP contribution in [0.5, 0.6) is 11.6 Å². The standard InChI is InChI=1S/C16H19ClN2O/c1-9(2)13-15(17)18-8-19-16(13)20-14-11(4)7-6-10(3)12(14)5/h6-9H,1-5H3. The summed E-state index contributed by atoms with van der Waals surface area (Å²) in [6, 6.07) is 4.14. The van der Waals surface area contributed by atoms with Gasteiger partial charge in [-0.1, -0.05) is 37.6 Å². The zero-order valence-corrected chi connectivity index (χ0v) is 13.2. The van der Waals surface area contributed by atoms with Gasteiger partial charge in [-0.3, -0.25) is 0 Å². The highest BCUT2D eigenvalue weighted by Gasteiger charge is 2.17. The molecule has 0 unspecified atom stereocenters. The quantitative estimate of drug-likeness (QED) is 0.749. The van der Waals surface area contributed by atoms with Gasteiger partial charge in [0.05, 0.1) is 5.56 Å². The van der Waals surface area contributed by atoms with Gasteiger partial charge in [0.2, 0.25) is 5.88 Å². The molecule has 0 aliphatic heterocycles. The van der Waals surface area contributed by atoms with Crippen molar-refractivity contribution in [1.82, 2.24) is 9.97 Å². The molecular formula is C16H19ClN2O. The third kappa shape index (κ3) is 2.78. The summed E-state index contributed by atoms with van der Waals surface area (Å²) in [7, 11) is 0. The van der Waals surface area contributed by atoms with E-state index < -0.39 is 0 Å². The third-order valence-corrected chi connectivity index (χ3v) is 3.75. The fraction of sp³-hybridized carbons (Fsp3) is 0.375. The van der Waals surface area contributed by atoms with Crippen molar-refractivity contribution in [2.24, 2.45) is 0 Å². The summed E-state index contributed by atoms with van der Waals surface area (Å²) < 4.78 is 6.06. The second-order valence-electron chi connectivity index (χ2n) is 5.29. The van der Waals surface area contributed by atoms with E-state index in [1.165, 1.54) is 11.9 Å². The number of halogens is 1. The van der Waals surface area contributed by atoms with Crippen molar-refractivity contribution in [3.63, 3.8) is 0 Å². The van der Waals surface area contributed by atoms with Gasteiger partial charge >= 0.3 is 0 Å². The van der Waals surface area contributed by atoms with E-state index in [4.69, 9.17) is 16.3 Å². The van der Waals surface area contributed by atoms with E-state index in [1.54, 1.807) is 0 Å². The monoisotopic (exact) mass is 290 g/mol. The van der Waals surface area contributed by atoms with E-state index in [-0.39, 0.29) is 5.92 Å². The summed E-state index contributed by atoms with van der Waals surface area (Å²) in [4.78, 5) is 8.29. The minimum atomic E-state index is 0.198. The molecule has 0 amide bonds. The predicted molar refractivity (Wildman–Crippen MR) is 81.9 cm³/mol. The van der Waals surface area contributed by atoms with Crippen LogP contribution in [-0.4, -0.2) is 9.97 Å². The first kappa shape index (κ1) is 14.8. The van der Waals surface area contributed by atoms with Gasteiger partial charge in [-0.25, -0.2) is 9.97 Å². The van der Waals surface area contributed by atoms with Gasteiger partial charge in [0.1, 0.15) is 17.2 Å². The van der Waals surface area contributed by atoms with Crippen molar-refractivity contribution < 1.29 is 4.74 Å². The fourth-order valence-electron chi connectivity index (χ4n) is 2.11. The lowest BCUT2D eigenvalue weighted by Crippen LogP contribution is -2.02. The van der Waals surface area contributed by atoms with Gasteiger partial charge in [-0.15, -0.1) is 0 Å². The lowest BCUT2D eigenvalue weighted by atomic mass is 10.0. The maximum atomic E-state index is 6.17. The maximum Gasteiger partial charge on any atom is 0.227 e. The van der Waals surface area contributed by atoms with Gasteiger partial charge in [-0.2, -0.15) is 0 Å². The highest BCUT2D eigenvalue weighted by atomic mass is 35.5. The van der Waals surface area contributed by atoms with Crippen molar-refractivity contribution in [2.45, 2.75) is 40.5 Å². The molecule has 0 fully saturated rings. The molecule has 0 aliphatic carbocycles. The van der Waals surface area contributed by atoms with Gasteiger partial charge in [0.15, 0.2) is 0 Å². The fourth-order valence-corrected chi connectivity index (χ4v) is 2.45. The number of hydrogen-bond donors (Lipinski definition) is 0. The number of ether oxygens (including phenoxy) is 1. The summed E-state index contributed by atoms with van der Waals surface area (Å²) in [5.41, 5.74) is 4.23. The number of aryl methyl sites for hydroxylation is 2. The molecule has 0 aliphatic rings. The minimum absolute atomic E-state index is 0.198. The highest BCUT2D eigenvalue weighted by Crippen LogP contribution is 2.35. The third-order valence-electron chi connectivity index (χ3n) is 3.45. The van der Waals surface area contributed by atoms with E-state index in [2.05, 4.69) is 35.9 Å². The van der Waals surface area contributed by atoms with Crippen LogP contribution in [0.2, 0.25) is 5.15 Å². The topological polar surface area (TPSA) is 35.0 Å². The molecule has 0 atom stereocenters. The molecule has 20 heavy (non-hydrogen) atoms. The minimum Gasteiger partial charge on any atom is -0.438 e. The van der Waals surface area contributed by atoms with Gasteiger partial charge < -0.3 is 4.74 Å². The maximum absolute atomic E-state index is 6.17. The largest absolute Gasteiger partial charge is 0.438 e. The van der Waals surface area contributed by atoms with Gasteiger partial charge in [0, 0.05) is 0 Å². The number of benzene rings is 1. The molecule has 2 rings (SSSR count). The zero-order valence-electron chi connectivity index (χ0n) is 12.5. The first-order valence-electron chi connectivity index (χ1n) is 6.66. The normalized spacial score (nSPS) is 10.9. The Morgan fingerprint density at radius 3 is 2.35 bits per heavy atom. The second-order valence-corrected chi connectivity index (χ2v) is 5.65. The number of nitrogens with zero attached hydrogens (tertiary/aromatic N) is 2. The molecule has 2 aromatic rings. The molecule has 1 heterocycles. The van der Waals surface area contributed by atoms with Crippen LogP contribution in [-0.2, 0) is 0 Å². The molecule has 0 N–H and O–H groups in total. The highest BCUT2D eigenvalue weighted by molar-refractivity contribution is 6.30. The molecule has 1 aromatic carbocycles. The Morgan fingerprint density at radius 1 is 1.05 bits per heavy atom. The van der Waals surface area contributed by atoms with Crippen molar-refractivity contribution in [3.05, 3.63) is 45.9 Å². The van der Waals surface area contributed by atoms with Gasteiger partial charge in [0.25, 0.3) is 0 Å². The van der Waals surface area contributed by atoms with Crippen LogP contribution in [0.4, 0.5) is 0 Å². The second kappa shape index (κ2) is 5.80. The number of rotatable bonds is 3. The smallest absolute Gasteiger partial charge is 0.227 e. The van der Waals surface area contributed by atoms with E-state index in [9.17, 15) is 0 Å². The molecule has 3 nitrogen and oxygen atoms in total. The summed E-state index contributed by atoms with van der Waals surface area (Å²) in [6.45, 7) is 10.2. The van der Waals surface area contributed by atoms with Gasteiger partial charge in [-0.05, 0) is 43.4 Å². The van der Waals surface area contributed by atoms with Crippen molar-refractivity contribution in [3.8, 4) is 11.6 Å². The van der Waals surface area contributed by atoms with Crippen molar-refractivity contribution in [1.29, 1.82) is 0 Å². The summed E-state index contributed by atoms with van der Waals surface area (Å²) in [6.07, 6.45) is 1.43. The van der Waals surface area contributed by atoms with Crippen LogP contribution in [0.3, 0.4) is 0 Å². The van der Waals surface area contributed by atoms with Crippen LogP contribution in [0, 0.1) is 20.8 Å². The first-order chi connectivity index (χ1) is 9.41. The average Bonchev–Trinajstić information content (AvgIpc) is 2.39. The number of aromatic nitrogens is 2. The Hall–Kier alpha value is -1.61. The molecule has 0 saturated carbocycles. The summed E-state index contributed by atoms with van der Waals surface area (Å²) in [5, 5.41) is 0.452. The average molecular weight is 291 g/mol. The van der Waals surface area contributed by atoms with E-state index >= 15 is 0 Å². The SMILES string of the molecule is Cc1ccc(C)c(Oc2ncnc(Cl)c2C(C)C)c1C. The molecular weight excluding hydrogens is 272 g/mol. The first-order valence-corrected chi connectivity index (χ1v) is 7.04. The molecule has 4 heteroatoms. The Kier molecular flexibility index (Phi) is 4.29. The molecule has 1 aromatic heterocycles. The summed E-state index contributed by atoms with van der Waals surface area (Å²) >= 11 is 6.17. The predicted octanol–water partition coefficient (Wildman–Crippen LogP) is 4.97. The summed E-state index contributed by atoms with van der Waals surface area (Å²) in [5.74, 6) is 1.59. The molecule has 0 spiro atoms. The van der Waals surface area contributed by atoms with Crippen LogP contribution >= 0.6 is 11.6 Å². The Morgan fingerprint density at radius 2 is 1.70 bits per heavy atom.